The number of carbonyl (C=O) groups excluding carboxylic acids is 1. The molecule has 0 aliphatic carbocycles. The standard InChI is InChI=1S/C3H8N2O2.Na/c1-3(4,5)2(6)7;/h4-5H2,1H3,(H,6,7);/q;+1/p-1. The average molecular weight is 126 g/mol. The second kappa shape index (κ2) is 3.42. The molecule has 0 rings (SSSR count). The van der Waals surface area contributed by atoms with Gasteiger partial charge in [0.15, 0.2) is 0 Å². The van der Waals surface area contributed by atoms with Gasteiger partial charge in [0.2, 0.25) is 0 Å². The van der Waals surface area contributed by atoms with Gasteiger partial charge in [-0.3, -0.25) is 0 Å². The second-order valence-corrected chi connectivity index (χ2v) is 1.57. The smallest absolute Gasteiger partial charge is 0.547 e. The van der Waals surface area contributed by atoms with E-state index >= 15 is 0 Å². The van der Waals surface area contributed by atoms with Crippen LogP contribution in [0.5, 0.6) is 0 Å². The molecule has 0 atom stereocenters. The van der Waals surface area contributed by atoms with E-state index in [2.05, 4.69) is 0 Å². The predicted octanol–water partition coefficient (Wildman–Crippen LogP) is -5.63. The molecule has 0 unspecified atom stereocenters. The molecule has 0 radical (unpaired) electrons. The molecular weight excluding hydrogens is 119 g/mol. The molecule has 0 aromatic rings. The first-order chi connectivity index (χ1) is 2.94. The Morgan fingerprint density at radius 3 is 1.75 bits per heavy atom. The zero-order valence-corrected chi connectivity index (χ0v) is 6.97. The molecule has 42 valence electrons. The Morgan fingerprint density at radius 1 is 1.62 bits per heavy atom. The zero-order valence-electron chi connectivity index (χ0n) is 4.97. The second-order valence-electron chi connectivity index (χ2n) is 1.57. The molecule has 0 fully saturated rings. The Labute approximate surface area is 69.5 Å². The maximum absolute atomic E-state index is 9.66. The zero-order chi connectivity index (χ0) is 6.08. The third-order valence-electron chi connectivity index (χ3n) is 0.440. The Morgan fingerprint density at radius 2 is 1.75 bits per heavy atom. The van der Waals surface area contributed by atoms with Crippen LogP contribution in [-0.4, -0.2) is 11.6 Å². The minimum atomic E-state index is -1.69. The van der Waals surface area contributed by atoms with Crippen molar-refractivity contribution in [3.8, 4) is 0 Å². The number of carboxylic acids is 1. The van der Waals surface area contributed by atoms with E-state index in [1.54, 1.807) is 0 Å². The first-order valence-corrected chi connectivity index (χ1v) is 1.74. The summed E-state index contributed by atoms with van der Waals surface area (Å²) < 4.78 is 0. The van der Waals surface area contributed by atoms with Gasteiger partial charge >= 0.3 is 29.6 Å². The number of hydrogen-bond acceptors (Lipinski definition) is 4. The van der Waals surface area contributed by atoms with Crippen molar-refractivity contribution in [2.75, 3.05) is 0 Å². The quantitative estimate of drug-likeness (QED) is 0.270. The van der Waals surface area contributed by atoms with Gasteiger partial charge in [0.25, 0.3) is 0 Å². The molecule has 0 aromatic carbocycles. The van der Waals surface area contributed by atoms with Gasteiger partial charge in [0.05, 0.1) is 5.97 Å². The Balaban J connectivity index is 0. The van der Waals surface area contributed by atoms with Crippen molar-refractivity contribution in [3.05, 3.63) is 0 Å². The van der Waals surface area contributed by atoms with Crippen molar-refractivity contribution in [3.63, 3.8) is 0 Å². The molecule has 0 bridgehead atoms. The van der Waals surface area contributed by atoms with E-state index in [0.717, 1.165) is 6.92 Å². The van der Waals surface area contributed by atoms with Gasteiger partial charge < -0.3 is 21.4 Å². The summed E-state index contributed by atoms with van der Waals surface area (Å²) >= 11 is 0. The van der Waals surface area contributed by atoms with Crippen molar-refractivity contribution in [2.45, 2.75) is 12.6 Å². The molecule has 5 heteroatoms. The number of hydrogen-bond donors (Lipinski definition) is 2. The van der Waals surface area contributed by atoms with Crippen molar-refractivity contribution in [2.24, 2.45) is 11.5 Å². The van der Waals surface area contributed by atoms with E-state index in [9.17, 15) is 9.90 Å². The molecule has 0 saturated heterocycles. The summed E-state index contributed by atoms with van der Waals surface area (Å²) in [5.41, 5.74) is 7.89. The van der Waals surface area contributed by atoms with Crippen molar-refractivity contribution in [1.82, 2.24) is 0 Å². The van der Waals surface area contributed by atoms with E-state index in [0.29, 0.717) is 0 Å². The van der Waals surface area contributed by atoms with Gasteiger partial charge in [0.1, 0.15) is 5.66 Å². The summed E-state index contributed by atoms with van der Waals surface area (Å²) in [4.78, 5) is 9.66. The molecule has 8 heavy (non-hydrogen) atoms. The Hall–Kier alpha value is 0.390. The van der Waals surface area contributed by atoms with Crippen molar-refractivity contribution >= 4 is 5.97 Å². The molecule has 0 heterocycles. The van der Waals surface area contributed by atoms with Crippen LogP contribution in [0.1, 0.15) is 6.92 Å². The van der Waals surface area contributed by atoms with Crippen molar-refractivity contribution in [1.29, 1.82) is 0 Å². The minimum absolute atomic E-state index is 0. The number of rotatable bonds is 1. The van der Waals surface area contributed by atoms with Crippen LogP contribution in [-0.2, 0) is 4.79 Å². The van der Waals surface area contributed by atoms with Gasteiger partial charge in [-0.1, -0.05) is 0 Å². The van der Waals surface area contributed by atoms with E-state index in [-0.39, 0.29) is 29.6 Å². The van der Waals surface area contributed by atoms with Gasteiger partial charge in [-0.2, -0.15) is 0 Å². The van der Waals surface area contributed by atoms with Crippen LogP contribution in [0.2, 0.25) is 0 Å². The number of nitrogens with two attached hydrogens (primary N) is 2. The number of aliphatic carboxylic acids is 1. The first-order valence-electron chi connectivity index (χ1n) is 1.74. The van der Waals surface area contributed by atoms with Crippen LogP contribution in [0.25, 0.3) is 0 Å². The van der Waals surface area contributed by atoms with Crippen LogP contribution < -0.4 is 46.1 Å². The van der Waals surface area contributed by atoms with E-state index in [1.165, 1.54) is 0 Å². The van der Waals surface area contributed by atoms with Crippen molar-refractivity contribution < 1.29 is 39.5 Å². The SMILES string of the molecule is CC(N)(N)C(=O)[O-].[Na+]. The van der Waals surface area contributed by atoms with Gasteiger partial charge in [-0.05, 0) is 6.92 Å². The summed E-state index contributed by atoms with van der Waals surface area (Å²) in [7, 11) is 0. The topological polar surface area (TPSA) is 92.2 Å². The third kappa shape index (κ3) is 4.55. The van der Waals surface area contributed by atoms with E-state index < -0.39 is 11.6 Å². The molecule has 0 aliphatic heterocycles. The molecule has 0 aromatic heterocycles. The van der Waals surface area contributed by atoms with E-state index in [4.69, 9.17) is 11.5 Å². The molecule has 0 spiro atoms. The number of carboxylic acid groups (broad SMARTS) is 1. The number of carbonyl (C=O) groups is 1. The summed E-state index contributed by atoms with van der Waals surface area (Å²) in [6.07, 6.45) is 0. The Kier molecular flexibility index (Phi) is 4.80. The van der Waals surface area contributed by atoms with Crippen LogP contribution >= 0.6 is 0 Å². The fraction of sp³-hybridized carbons (Fsp3) is 0.667. The van der Waals surface area contributed by atoms with Crippen LogP contribution in [0.4, 0.5) is 0 Å². The van der Waals surface area contributed by atoms with Gasteiger partial charge in [-0.25, -0.2) is 0 Å². The van der Waals surface area contributed by atoms with Crippen LogP contribution in [0, 0.1) is 0 Å². The average Bonchev–Trinajstić information content (AvgIpc) is 1.31. The summed E-state index contributed by atoms with van der Waals surface area (Å²) in [6, 6.07) is 0. The van der Waals surface area contributed by atoms with Gasteiger partial charge in [-0.15, -0.1) is 0 Å². The molecule has 0 aliphatic rings. The van der Waals surface area contributed by atoms with Crippen LogP contribution in [0.3, 0.4) is 0 Å². The Bertz CT molecular complexity index is 87.8. The van der Waals surface area contributed by atoms with E-state index in [1.807, 2.05) is 0 Å². The molecule has 4 N–H and O–H groups in total. The molecular formula is C3H7N2NaO2. The summed E-state index contributed by atoms with van der Waals surface area (Å²) in [5, 5.41) is 9.66. The summed E-state index contributed by atoms with van der Waals surface area (Å²) in [6.45, 7) is 1.16. The maximum Gasteiger partial charge on any atom is 1.00 e. The monoisotopic (exact) mass is 126 g/mol. The normalized spacial score (nSPS) is 9.88. The van der Waals surface area contributed by atoms with Gasteiger partial charge in [0, 0.05) is 0 Å². The molecule has 4 nitrogen and oxygen atoms in total. The minimum Gasteiger partial charge on any atom is -0.547 e. The largest absolute Gasteiger partial charge is 1.00 e. The molecule has 0 amide bonds. The predicted molar refractivity (Wildman–Crippen MR) is 21.8 cm³/mol. The summed E-state index contributed by atoms with van der Waals surface area (Å²) in [5.74, 6) is -1.45. The van der Waals surface area contributed by atoms with Crippen LogP contribution in [0.15, 0.2) is 0 Å². The first kappa shape index (κ1) is 11.2. The molecule has 0 saturated carbocycles. The fourth-order valence-electron chi connectivity index (χ4n) is 0. The fourth-order valence-corrected chi connectivity index (χ4v) is 0. The third-order valence-corrected chi connectivity index (χ3v) is 0.440. The maximum atomic E-state index is 9.66.